The average Bonchev–Trinajstić information content (AvgIpc) is 2.10. The maximum Gasteiger partial charge on any atom is 0.237 e. The summed E-state index contributed by atoms with van der Waals surface area (Å²) in [5.41, 5.74) is 5.64. The fourth-order valence-electron chi connectivity index (χ4n) is 0.922. The third kappa shape index (κ3) is 4.61. The van der Waals surface area contributed by atoms with Crippen LogP contribution in [0.4, 0.5) is 0 Å². The first-order valence-corrected chi connectivity index (χ1v) is 5.32. The average molecular weight is 200 g/mol. The first-order valence-electron chi connectivity index (χ1n) is 5.32. The molecule has 3 heteroatoms. The van der Waals surface area contributed by atoms with Crippen LogP contribution in [0, 0.1) is 11.3 Å². The first kappa shape index (κ1) is 13.4. The van der Waals surface area contributed by atoms with Crippen LogP contribution in [0.25, 0.3) is 0 Å². The third-order valence-corrected chi connectivity index (χ3v) is 2.54. The molecule has 0 aliphatic heterocycles. The Labute approximate surface area is 87.4 Å². The van der Waals surface area contributed by atoms with Crippen LogP contribution in [0.15, 0.2) is 0 Å². The number of nitrogens with two attached hydrogens (primary N) is 1. The Morgan fingerprint density at radius 3 is 2.29 bits per heavy atom. The van der Waals surface area contributed by atoms with Gasteiger partial charge in [0.25, 0.3) is 0 Å². The van der Waals surface area contributed by atoms with Gasteiger partial charge in [0.1, 0.15) is 0 Å². The van der Waals surface area contributed by atoms with Crippen LogP contribution in [0.1, 0.15) is 41.0 Å². The molecule has 1 amide bonds. The Kier molecular flexibility index (Phi) is 5.13. The molecule has 3 nitrogen and oxygen atoms in total. The van der Waals surface area contributed by atoms with Crippen LogP contribution in [0.2, 0.25) is 0 Å². The molecule has 0 saturated heterocycles. The van der Waals surface area contributed by atoms with Gasteiger partial charge in [-0.1, -0.05) is 41.0 Å². The summed E-state index contributed by atoms with van der Waals surface area (Å²) in [5, 5.41) is 2.88. The van der Waals surface area contributed by atoms with Gasteiger partial charge in [0.15, 0.2) is 0 Å². The molecular weight excluding hydrogens is 176 g/mol. The molecular formula is C11H24N2O. The number of nitrogens with one attached hydrogen (secondary N) is 1. The van der Waals surface area contributed by atoms with Crippen molar-refractivity contribution in [2.75, 3.05) is 6.54 Å². The van der Waals surface area contributed by atoms with E-state index in [0.29, 0.717) is 5.92 Å². The highest BCUT2D eigenvalue weighted by Gasteiger charge is 2.27. The van der Waals surface area contributed by atoms with Crippen molar-refractivity contribution in [1.29, 1.82) is 0 Å². The van der Waals surface area contributed by atoms with Gasteiger partial charge in [0.2, 0.25) is 5.91 Å². The van der Waals surface area contributed by atoms with Crippen molar-refractivity contribution in [2.45, 2.75) is 47.1 Å². The zero-order valence-corrected chi connectivity index (χ0v) is 10.1. The molecule has 0 aliphatic carbocycles. The summed E-state index contributed by atoms with van der Waals surface area (Å²) in [6.45, 7) is 10.9. The highest BCUT2D eigenvalue weighted by molar-refractivity contribution is 5.82. The Morgan fingerprint density at radius 2 is 1.93 bits per heavy atom. The molecule has 0 heterocycles. The zero-order chi connectivity index (χ0) is 11.4. The minimum absolute atomic E-state index is 0.0437. The Hall–Kier alpha value is -0.570. The van der Waals surface area contributed by atoms with Gasteiger partial charge in [0, 0.05) is 6.54 Å². The lowest BCUT2D eigenvalue weighted by Crippen LogP contribution is -2.49. The SMILES string of the molecule is CCC(C)CNC(=O)[C@@H](N)C(C)(C)C. The van der Waals surface area contributed by atoms with E-state index in [2.05, 4.69) is 19.2 Å². The lowest BCUT2D eigenvalue weighted by Gasteiger charge is -2.26. The molecule has 2 atom stereocenters. The van der Waals surface area contributed by atoms with Gasteiger partial charge in [-0.05, 0) is 11.3 Å². The molecule has 0 fully saturated rings. The lowest BCUT2D eigenvalue weighted by molar-refractivity contribution is -0.124. The summed E-state index contributed by atoms with van der Waals surface area (Å²) < 4.78 is 0. The maximum absolute atomic E-state index is 11.6. The van der Waals surface area contributed by atoms with Crippen LogP contribution in [-0.2, 0) is 4.79 Å². The van der Waals surface area contributed by atoms with Gasteiger partial charge in [-0.2, -0.15) is 0 Å². The minimum atomic E-state index is -0.424. The van der Waals surface area contributed by atoms with Crippen LogP contribution < -0.4 is 11.1 Å². The predicted octanol–water partition coefficient (Wildman–Crippen LogP) is 1.52. The number of hydrogen-bond acceptors (Lipinski definition) is 2. The van der Waals surface area contributed by atoms with Gasteiger partial charge in [0.05, 0.1) is 6.04 Å². The maximum atomic E-state index is 11.6. The van der Waals surface area contributed by atoms with Crippen molar-refractivity contribution >= 4 is 5.91 Å². The summed E-state index contributed by atoms with van der Waals surface area (Å²) in [7, 11) is 0. The standard InChI is InChI=1S/C11H24N2O/c1-6-8(2)7-13-10(14)9(12)11(3,4)5/h8-9H,6-7,12H2,1-5H3,(H,13,14)/t8?,9-/m1/s1. The topological polar surface area (TPSA) is 55.1 Å². The van der Waals surface area contributed by atoms with E-state index in [9.17, 15) is 4.79 Å². The fourth-order valence-corrected chi connectivity index (χ4v) is 0.922. The number of rotatable bonds is 4. The quantitative estimate of drug-likeness (QED) is 0.723. The normalized spacial score (nSPS) is 16.1. The van der Waals surface area contributed by atoms with Gasteiger partial charge < -0.3 is 11.1 Å². The molecule has 0 aliphatic rings. The van der Waals surface area contributed by atoms with Crippen molar-refractivity contribution < 1.29 is 4.79 Å². The Morgan fingerprint density at radius 1 is 1.43 bits per heavy atom. The highest BCUT2D eigenvalue weighted by atomic mass is 16.2. The molecule has 1 unspecified atom stereocenters. The van der Waals surface area contributed by atoms with Gasteiger partial charge in [-0.25, -0.2) is 0 Å². The minimum Gasteiger partial charge on any atom is -0.354 e. The summed E-state index contributed by atoms with van der Waals surface area (Å²) >= 11 is 0. The van der Waals surface area contributed by atoms with Crippen molar-refractivity contribution in [3.63, 3.8) is 0 Å². The molecule has 0 aromatic rings. The van der Waals surface area contributed by atoms with Crippen LogP contribution in [-0.4, -0.2) is 18.5 Å². The molecule has 0 saturated carbocycles. The zero-order valence-electron chi connectivity index (χ0n) is 10.1. The van der Waals surface area contributed by atoms with Crippen molar-refractivity contribution in [3.8, 4) is 0 Å². The highest BCUT2D eigenvalue weighted by Crippen LogP contribution is 2.17. The molecule has 0 spiro atoms. The van der Waals surface area contributed by atoms with Crippen LogP contribution >= 0.6 is 0 Å². The lowest BCUT2D eigenvalue weighted by atomic mass is 9.87. The largest absolute Gasteiger partial charge is 0.354 e. The Bertz CT molecular complexity index is 184. The second-order valence-corrected chi connectivity index (χ2v) is 5.10. The van der Waals surface area contributed by atoms with Crippen molar-refractivity contribution in [2.24, 2.45) is 17.1 Å². The van der Waals surface area contributed by atoms with Gasteiger partial charge >= 0.3 is 0 Å². The van der Waals surface area contributed by atoms with E-state index in [1.807, 2.05) is 20.8 Å². The smallest absolute Gasteiger partial charge is 0.237 e. The van der Waals surface area contributed by atoms with E-state index >= 15 is 0 Å². The summed E-state index contributed by atoms with van der Waals surface area (Å²) in [5.74, 6) is 0.476. The molecule has 0 bridgehead atoms. The van der Waals surface area contributed by atoms with Crippen molar-refractivity contribution in [3.05, 3.63) is 0 Å². The van der Waals surface area contributed by atoms with Crippen LogP contribution in [0.5, 0.6) is 0 Å². The van der Waals surface area contributed by atoms with E-state index in [0.717, 1.165) is 13.0 Å². The molecule has 84 valence electrons. The second kappa shape index (κ2) is 5.35. The van der Waals surface area contributed by atoms with E-state index in [4.69, 9.17) is 5.73 Å². The molecule has 0 aromatic heterocycles. The van der Waals surface area contributed by atoms with E-state index in [-0.39, 0.29) is 11.3 Å². The van der Waals surface area contributed by atoms with Gasteiger partial charge in [-0.3, -0.25) is 4.79 Å². The second-order valence-electron chi connectivity index (χ2n) is 5.10. The Balaban J connectivity index is 3.97. The monoisotopic (exact) mass is 200 g/mol. The summed E-state index contributed by atoms with van der Waals surface area (Å²) in [4.78, 5) is 11.6. The third-order valence-electron chi connectivity index (χ3n) is 2.54. The molecule has 0 rings (SSSR count). The van der Waals surface area contributed by atoms with E-state index in [1.165, 1.54) is 0 Å². The number of amides is 1. The van der Waals surface area contributed by atoms with Gasteiger partial charge in [-0.15, -0.1) is 0 Å². The van der Waals surface area contributed by atoms with Crippen molar-refractivity contribution in [1.82, 2.24) is 5.32 Å². The molecule has 0 radical (unpaired) electrons. The van der Waals surface area contributed by atoms with E-state index in [1.54, 1.807) is 0 Å². The first-order chi connectivity index (χ1) is 6.29. The van der Waals surface area contributed by atoms with E-state index < -0.39 is 6.04 Å². The summed E-state index contributed by atoms with van der Waals surface area (Å²) in [6.07, 6.45) is 1.07. The molecule has 3 N–H and O–H groups in total. The summed E-state index contributed by atoms with van der Waals surface area (Å²) in [6, 6.07) is -0.424. The fraction of sp³-hybridized carbons (Fsp3) is 0.909. The van der Waals surface area contributed by atoms with Crippen LogP contribution in [0.3, 0.4) is 0 Å². The number of carbonyl (C=O) groups excluding carboxylic acids is 1. The number of carbonyl (C=O) groups is 1. The predicted molar refractivity (Wildman–Crippen MR) is 59.9 cm³/mol. The number of hydrogen-bond donors (Lipinski definition) is 2. The molecule has 0 aromatic carbocycles. The molecule has 14 heavy (non-hydrogen) atoms.